The van der Waals surface area contributed by atoms with E-state index in [2.05, 4.69) is 19.8 Å². The number of unbranched alkanes of at least 4 members (excludes halogenated alkanes) is 6. The zero-order valence-corrected chi connectivity index (χ0v) is 50.2. The van der Waals surface area contributed by atoms with Crippen molar-refractivity contribution in [3.8, 4) is 23.0 Å². The first kappa shape index (κ1) is 60.5. The summed E-state index contributed by atoms with van der Waals surface area (Å²) in [5.74, 6) is 1.45. The fraction of sp³-hybridized carbons (Fsp3) is 0.391. The summed E-state index contributed by atoms with van der Waals surface area (Å²) in [5.41, 5.74) is 7.99. The van der Waals surface area contributed by atoms with Crippen LogP contribution < -0.4 is 18.9 Å². The number of hydrogen-bond acceptors (Lipinski definition) is 9. The van der Waals surface area contributed by atoms with E-state index in [1.807, 2.05) is 84.9 Å². The molecule has 2 saturated heterocycles. The monoisotopic (exact) mass is 1210 g/mol. The molecule has 6 aromatic carbocycles. The number of nitrogens with zero attached hydrogens (tertiary/aromatic N) is 4. The van der Waals surface area contributed by atoms with Crippen molar-refractivity contribution in [3.05, 3.63) is 189 Å². The lowest BCUT2D eigenvalue weighted by molar-refractivity contribution is 0.0371. The van der Waals surface area contributed by atoms with Gasteiger partial charge in [0.1, 0.15) is 46.7 Å². The number of rotatable bonds is 20. The molecule has 12 rings (SSSR count). The highest BCUT2D eigenvalue weighted by Gasteiger charge is 2.38. The van der Waals surface area contributed by atoms with Crippen LogP contribution in [0.15, 0.2) is 133 Å². The standard InChI is InChI=1S/C35H39ClFN3O3.C34H37ClFN3O4/c36-26-10-17-32-31(24-26)30-18-22-40(35(41)43-29-15-11-27(37)12-16-29)34(33(30)38-32)25-8-13-28(14-9-25)42-23-7-2-1-4-19-39-20-5-3-6-21-39;35-25-7-14-31-30(23-25)29-15-17-39(34(40)43-28-12-8-26(36)9-13-28)33(32(29)37-31)24-5-10-27(11-6-24)42-20-4-2-1-3-16-38-18-21-41-22-19-38/h8-17,24,34,38H,1-7,18-23H2;5-14,23,33,37H,1-4,15-22H2. The zero-order valence-electron chi connectivity index (χ0n) is 48.7. The molecule has 452 valence electrons. The number of carbonyl (C=O) groups excluding carboxylic acids is 2. The molecule has 0 radical (unpaired) electrons. The van der Waals surface area contributed by atoms with E-state index in [0.717, 1.165) is 119 Å². The van der Waals surface area contributed by atoms with Gasteiger partial charge in [-0.1, -0.05) is 79.6 Å². The second-order valence-corrected chi connectivity index (χ2v) is 23.6. The molecule has 2 amide bonds. The molecule has 2 fully saturated rings. The van der Waals surface area contributed by atoms with Crippen molar-refractivity contribution in [1.29, 1.82) is 0 Å². The number of fused-ring (bicyclic) bond motifs is 6. The van der Waals surface area contributed by atoms with Crippen molar-refractivity contribution in [1.82, 2.24) is 29.6 Å². The van der Waals surface area contributed by atoms with Gasteiger partial charge in [0, 0.05) is 69.4 Å². The molecule has 2 unspecified atom stereocenters. The lowest BCUT2D eigenvalue weighted by Crippen LogP contribution is -2.42. The largest absolute Gasteiger partial charge is 0.494 e. The molecule has 4 aliphatic rings. The zero-order chi connectivity index (χ0) is 59.2. The molecule has 6 heterocycles. The summed E-state index contributed by atoms with van der Waals surface area (Å²) in [5, 5.41) is 3.47. The van der Waals surface area contributed by atoms with Crippen LogP contribution in [0.1, 0.15) is 116 Å². The topological polar surface area (TPSA) is 125 Å². The number of hydrogen-bond donors (Lipinski definition) is 2. The Hall–Kier alpha value is -7.14. The Labute approximate surface area is 512 Å². The van der Waals surface area contributed by atoms with Crippen LogP contribution in [0, 0.1) is 11.6 Å². The van der Waals surface area contributed by atoms with Gasteiger partial charge in [-0.2, -0.15) is 0 Å². The second kappa shape index (κ2) is 29.5. The van der Waals surface area contributed by atoms with Crippen LogP contribution in [-0.4, -0.2) is 121 Å². The number of benzene rings is 6. The van der Waals surface area contributed by atoms with Gasteiger partial charge in [-0.3, -0.25) is 14.7 Å². The number of aromatic nitrogens is 2. The van der Waals surface area contributed by atoms with E-state index in [4.69, 9.17) is 46.9 Å². The fourth-order valence-electron chi connectivity index (χ4n) is 12.4. The smallest absolute Gasteiger partial charge is 0.416 e. The lowest BCUT2D eigenvalue weighted by atomic mass is 9.92. The van der Waals surface area contributed by atoms with E-state index in [9.17, 15) is 18.4 Å². The Kier molecular flexibility index (Phi) is 20.8. The van der Waals surface area contributed by atoms with Crippen LogP contribution in [0.25, 0.3) is 21.8 Å². The lowest BCUT2D eigenvalue weighted by Gasteiger charge is -2.35. The van der Waals surface area contributed by atoms with Crippen LogP contribution in [0.5, 0.6) is 23.0 Å². The Morgan fingerprint density at radius 1 is 0.477 bits per heavy atom. The van der Waals surface area contributed by atoms with Crippen molar-refractivity contribution in [2.75, 3.05) is 78.8 Å². The quantitative estimate of drug-likeness (QED) is 0.0718. The Morgan fingerprint density at radius 2 is 0.884 bits per heavy atom. The van der Waals surface area contributed by atoms with Gasteiger partial charge in [-0.05, 0) is 209 Å². The van der Waals surface area contributed by atoms with Crippen LogP contribution >= 0.6 is 23.2 Å². The van der Waals surface area contributed by atoms with E-state index in [0.29, 0.717) is 60.7 Å². The molecule has 4 aliphatic heterocycles. The highest BCUT2D eigenvalue weighted by Crippen LogP contribution is 2.42. The number of amides is 2. The predicted octanol–water partition coefficient (Wildman–Crippen LogP) is 15.9. The summed E-state index contributed by atoms with van der Waals surface area (Å²) in [6.07, 6.45) is 13.7. The highest BCUT2D eigenvalue weighted by molar-refractivity contribution is 6.31. The van der Waals surface area contributed by atoms with Gasteiger partial charge in [0.05, 0.1) is 26.4 Å². The number of ether oxygens (including phenoxy) is 5. The fourth-order valence-corrected chi connectivity index (χ4v) is 12.7. The molecule has 13 nitrogen and oxygen atoms in total. The van der Waals surface area contributed by atoms with Crippen LogP contribution in [0.2, 0.25) is 10.0 Å². The van der Waals surface area contributed by atoms with E-state index in [-0.39, 0.29) is 11.6 Å². The first-order valence-electron chi connectivity index (χ1n) is 30.7. The maximum Gasteiger partial charge on any atom is 0.416 e. The van der Waals surface area contributed by atoms with Crippen LogP contribution in [0.3, 0.4) is 0 Å². The van der Waals surface area contributed by atoms with Crippen molar-refractivity contribution in [3.63, 3.8) is 0 Å². The van der Waals surface area contributed by atoms with Crippen molar-refractivity contribution in [2.45, 2.75) is 95.6 Å². The minimum Gasteiger partial charge on any atom is -0.494 e. The number of halogens is 4. The third-order valence-electron chi connectivity index (χ3n) is 16.9. The second-order valence-electron chi connectivity index (χ2n) is 22.8. The molecule has 0 bridgehead atoms. The van der Waals surface area contributed by atoms with Crippen LogP contribution in [0.4, 0.5) is 18.4 Å². The third kappa shape index (κ3) is 15.5. The minimum absolute atomic E-state index is 0.296. The first-order chi connectivity index (χ1) is 42.1. The van der Waals surface area contributed by atoms with Crippen molar-refractivity contribution >= 4 is 57.2 Å². The SMILES string of the molecule is O=C(Oc1ccc(F)cc1)N1CCc2c([nH]c3ccc(Cl)cc23)C1c1ccc(OCCCCCCN2CCCCC2)cc1.O=C(Oc1ccc(F)cc1)N1CCc2c([nH]c3ccc(Cl)cc23)C1c1ccc(OCCCCCCN2CCOCC2)cc1. The molecular formula is C69H76Cl2F2N6O7. The van der Waals surface area contributed by atoms with Gasteiger partial charge in [-0.25, -0.2) is 18.4 Å². The number of morpholine rings is 1. The van der Waals surface area contributed by atoms with Crippen molar-refractivity contribution < 1.29 is 42.1 Å². The molecule has 0 saturated carbocycles. The van der Waals surface area contributed by atoms with E-state index < -0.39 is 24.3 Å². The summed E-state index contributed by atoms with van der Waals surface area (Å²) >= 11 is 12.7. The Morgan fingerprint density at radius 3 is 1.33 bits per heavy atom. The van der Waals surface area contributed by atoms with Gasteiger partial charge in [-0.15, -0.1) is 0 Å². The maximum atomic E-state index is 13.5. The Bertz CT molecular complexity index is 3270. The van der Waals surface area contributed by atoms with Gasteiger partial charge in [0.25, 0.3) is 0 Å². The number of carbonyl (C=O) groups is 2. The van der Waals surface area contributed by atoms with Gasteiger partial charge in [0.15, 0.2) is 0 Å². The van der Waals surface area contributed by atoms with E-state index in [1.54, 1.807) is 9.80 Å². The van der Waals surface area contributed by atoms with E-state index >= 15 is 0 Å². The van der Waals surface area contributed by atoms with Gasteiger partial charge >= 0.3 is 12.2 Å². The molecule has 86 heavy (non-hydrogen) atoms. The average molecular weight is 1210 g/mol. The highest BCUT2D eigenvalue weighted by atomic mass is 35.5. The van der Waals surface area contributed by atoms with Gasteiger partial charge < -0.3 is 38.6 Å². The Balaban J connectivity index is 0.000000179. The molecular weight excluding hydrogens is 1130 g/mol. The molecule has 0 spiro atoms. The number of piperidine rings is 1. The summed E-state index contributed by atoms with van der Waals surface area (Å²) in [4.78, 5) is 42.5. The number of nitrogens with one attached hydrogen (secondary N) is 2. The maximum absolute atomic E-state index is 13.5. The average Bonchev–Trinajstić information content (AvgIpc) is 2.33. The number of aromatic amines is 2. The number of H-pyrrole nitrogens is 2. The summed E-state index contributed by atoms with van der Waals surface area (Å²) in [6.45, 7) is 11.0. The third-order valence-corrected chi connectivity index (χ3v) is 17.4. The van der Waals surface area contributed by atoms with Gasteiger partial charge in [0.2, 0.25) is 0 Å². The molecule has 2 N–H and O–H groups in total. The molecule has 2 aromatic heterocycles. The van der Waals surface area contributed by atoms with Crippen LogP contribution in [-0.2, 0) is 17.6 Å². The molecule has 8 aromatic rings. The summed E-state index contributed by atoms with van der Waals surface area (Å²) in [7, 11) is 0. The molecule has 0 aliphatic carbocycles. The summed E-state index contributed by atoms with van der Waals surface area (Å²) in [6, 6.07) is 37.7. The van der Waals surface area contributed by atoms with E-state index in [1.165, 1.54) is 120 Å². The number of likely N-dealkylation sites (tertiary alicyclic amines) is 1. The predicted molar refractivity (Wildman–Crippen MR) is 334 cm³/mol. The molecule has 2 atom stereocenters. The normalized spacial score (nSPS) is 17.2. The summed E-state index contributed by atoms with van der Waals surface area (Å²) < 4.78 is 55.7. The van der Waals surface area contributed by atoms with Crippen molar-refractivity contribution in [2.24, 2.45) is 0 Å². The minimum atomic E-state index is -0.493. The first-order valence-corrected chi connectivity index (χ1v) is 31.4. The molecule has 17 heteroatoms.